The summed E-state index contributed by atoms with van der Waals surface area (Å²) < 4.78 is 27.1. The topological polar surface area (TPSA) is 116 Å². The Morgan fingerprint density at radius 2 is 2.06 bits per heavy atom. The van der Waals surface area contributed by atoms with Gasteiger partial charge in [-0.2, -0.15) is 17.9 Å². The molecule has 0 radical (unpaired) electrons. The van der Waals surface area contributed by atoms with E-state index in [0.29, 0.717) is 0 Å². The number of nitrogens with one attached hydrogen (secondary N) is 2. The molecule has 1 unspecified atom stereocenters. The Morgan fingerprint density at radius 1 is 1.50 bits per heavy atom. The van der Waals surface area contributed by atoms with Crippen molar-refractivity contribution in [1.29, 1.82) is 0 Å². The number of hydrogen-bond acceptors (Lipinski definition) is 4. The van der Waals surface area contributed by atoms with Crippen LogP contribution in [0.3, 0.4) is 0 Å². The number of carboxylic acids is 1. The zero-order valence-corrected chi connectivity index (χ0v) is 9.75. The Bertz CT molecular complexity index is 361. The van der Waals surface area contributed by atoms with Crippen LogP contribution < -0.4 is 9.44 Å². The minimum absolute atomic E-state index is 0.0260. The van der Waals surface area contributed by atoms with Crippen molar-refractivity contribution >= 4 is 16.2 Å². The predicted molar refractivity (Wildman–Crippen MR) is 56.0 cm³/mol. The summed E-state index contributed by atoms with van der Waals surface area (Å²) in [6.07, 6.45) is 1.11. The van der Waals surface area contributed by atoms with Crippen LogP contribution >= 0.6 is 0 Å². The molecule has 4 N–H and O–H groups in total. The molecule has 1 atom stereocenters. The number of hydrogen-bond donors (Lipinski definition) is 4. The van der Waals surface area contributed by atoms with Gasteiger partial charge in [-0.3, -0.25) is 4.79 Å². The van der Waals surface area contributed by atoms with Crippen molar-refractivity contribution in [2.24, 2.45) is 0 Å². The van der Waals surface area contributed by atoms with E-state index in [4.69, 9.17) is 5.11 Å². The van der Waals surface area contributed by atoms with Crippen LogP contribution in [0.4, 0.5) is 0 Å². The van der Waals surface area contributed by atoms with Gasteiger partial charge in [-0.15, -0.1) is 0 Å². The second-order valence-corrected chi connectivity index (χ2v) is 5.82. The lowest BCUT2D eigenvalue weighted by Gasteiger charge is -2.21. The molecule has 94 valence electrons. The maximum atomic E-state index is 11.3. The first-order valence-electron chi connectivity index (χ1n) is 4.91. The minimum atomic E-state index is -3.64. The predicted octanol–water partition coefficient (Wildman–Crippen LogP) is -1.20. The second-order valence-electron chi connectivity index (χ2n) is 4.28. The molecule has 0 saturated heterocycles. The lowest BCUT2D eigenvalue weighted by molar-refractivity contribution is -0.141. The van der Waals surface area contributed by atoms with Crippen LogP contribution in [0.15, 0.2) is 0 Å². The van der Waals surface area contributed by atoms with Crippen molar-refractivity contribution in [2.45, 2.75) is 37.8 Å². The molecule has 0 spiro atoms. The quantitative estimate of drug-likeness (QED) is 0.454. The summed E-state index contributed by atoms with van der Waals surface area (Å²) in [5, 5.41) is 18.0. The third-order valence-electron chi connectivity index (χ3n) is 2.07. The summed E-state index contributed by atoms with van der Waals surface area (Å²) in [7, 11) is -3.64. The molecule has 0 aromatic rings. The summed E-state index contributed by atoms with van der Waals surface area (Å²) >= 11 is 0. The number of carboxylic acid groups (broad SMARTS) is 1. The molecule has 16 heavy (non-hydrogen) atoms. The first-order valence-corrected chi connectivity index (χ1v) is 6.40. The third kappa shape index (κ3) is 5.40. The molecule has 7 nitrogen and oxygen atoms in total. The highest BCUT2D eigenvalue weighted by Crippen LogP contribution is 2.19. The van der Waals surface area contributed by atoms with E-state index < -0.39 is 28.2 Å². The van der Waals surface area contributed by atoms with Crippen molar-refractivity contribution in [3.8, 4) is 0 Å². The molecule has 0 aromatic carbocycles. The van der Waals surface area contributed by atoms with E-state index in [9.17, 15) is 18.3 Å². The summed E-state index contributed by atoms with van der Waals surface area (Å²) in [6, 6.07) is -0.0260. The highest BCUT2D eigenvalue weighted by atomic mass is 32.2. The Hall–Kier alpha value is -0.700. The largest absolute Gasteiger partial charge is 0.481 e. The molecule has 0 aliphatic heterocycles. The first-order chi connectivity index (χ1) is 7.20. The second kappa shape index (κ2) is 4.66. The lowest BCUT2D eigenvalue weighted by atomic mass is 10.0. The Balaban J connectivity index is 2.39. The zero-order chi connectivity index (χ0) is 12.4. The molecule has 0 bridgehead atoms. The number of rotatable bonds is 7. The Morgan fingerprint density at radius 3 is 2.50 bits per heavy atom. The number of carbonyl (C=O) groups is 1. The van der Waals surface area contributed by atoms with Crippen LogP contribution in [0.5, 0.6) is 0 Å². The van der Waals surface area contributed by atoms with Crippen LogP contribution in [0, 0.1) is 0 Å². The summed E-state index contributed by atoms with van der Waals surface area (Å²) in [4.78, 5) is 10.4. The van der Waals surface area contributed by atoms with Gasteiger partial charge in [0.1, 0.15) is 0 Å². The molecule has 0 aromatic heterocycles. The molecule has 8 heteroatoms. The average molecular weight is 252 g/mol. The summed E-state index contributed by atoms with van der Waals surface area (Å²) in [6.45, 7) is 0.933. The molecule has 1 aliphatic carbocycles. The van der Waals surface area contributed by atoms with E-state index in [-0.39, 0.29) is 12.6 Å². The fraction of sp³-hybridized carbons (Fsp3) is 0.875. The first kappa shape index (κ1) is 13.4. The van der Waals surface area contributed by atoms with Crippen molar-refractivity contribution in [1.82, 2.24) is 9.44 Å². The highest BCUT2D eigenvalue weighted by Gasteiger charge is 2.30. The minimum Gasteiger partial charge on any atom is -0.481 e. The maximum Gasteiger partial charge on any atom is 0.306 e. The Labute approximate surface area is 94.0 Å². The smallest absolute Gasteiger partial charge is 0.306 e. The van der Waals surface area contributed by atoms with Crippen LogP contribution in [-0.4, -0.2) is 42.8 Å². The summed E-state index contributed by atoms with van der Waals surface area (Å²) in [5.41, 5.74) is -1.59. The summed E-state index contributed by atoms with van der Waals surface area (Å²) in [5.74, 6) is -1.18. The van der Waals surface area contributed by atoms with Gasteiger partial charge in [-0.1, -0.05) is 0 Å². The van der Waals surface area contributed by atoms with Gasteiger partial charge in [-0.25, -0.2) is 0 Å². The molecule has 1 aliphatic rings. The zero-order valence-electron chi connectivity index (χ0n) is 8.93. The molecular formula is C8H16N2O5S. The van der Waals surface area contributed by atoms with Crippen molar-refractivity contribution < 1.29 is 23.4 Å². The monoisotopic (exact) mass is 252 g/mol. The van der Waals surface area contributed by atoms with Gasteiger partial charge in [-0.05, 0) is 19.8 Å². The van der Waals surface area contributed by atoms with E-state index in [1.54, 1.807) is 0 Å². The number of aliphatic hydroxyl groups is 1. The van der Waals surface area contributed by atoms with Crippen LogP contribution in [0.2, 0.25) is 0 Å². The maximum absolute atomic E-state index is 11.3. The SMILES string of the molecule is CC(O)(CNS(=O)(=O)NC1CC1)CC(=O)O. The van der Waals surface area contributed by atoms with Gasteiger partial charge in [0.05, 0.1) is 12.0 Å². The van der Waals surface area contributed by atoms with E-state index in [2.05, 4.69) is 9.44 Å². The van der Waals surface area contributed by atoms with Gasteiger partial charge in [0.25, 0.3) is 10.2 Å². The van der Waals surface area contributed by atoms with Crippen molar-refractivity contribution in [3.63, 3.8) is 0 Å². The van der Waals surface area contributed by atoms with Crippen molar-refractivity contribution in [2.75, 3.05) is 6.54 Å². The number of aliphatic carboxylic acids is 1. The van der Waals surface area contributed by atoms with E-state index in [0.717, 1.165) is 12.8 Å². The van der Waals surface area contributed by atoms with Gasteiger partial charge in [0, 0.05) is 12.6 Å². The normalized spacial score (nSPS) is 20.4. The van der Waals surface area contributed by atoms with E-state index >= 15 is 0 Å². The molecule has 1 fully saturated rings. The van der Waals surface area contributed by atoms with Crippen LogP contribution in [0.25, 0.3) is 0 Å². The Kier molecular flexibility index (Phi) is 3.89. The fourth-order valence-corrected chi connectivity index (χ4v) is 2.36. The molecule has 1 saturated carbocycles. The molecule has 0 amide bonds. The molecular weight excluding hydrogens is 236 g/mol. The van der Waals surface area contributed by atoms with Crippen molar-refractivity contribution in [3.05, 3.63) is 0 Å². The van der Waals surface area contributed by atoms with E-state index in [1.807, 2.05) is 0 Å². The standard InChI is InChI=1S/C8H16N2O5S/c1-8(13,4-7(11)12)5-9-16(14,15)10-6-2-3-6/h6,9-10,13H,2-5H2,1H3,(H,11,12). The fourth-order valence-electron chi connectivity index (χ4n) is 1.10. The highest BCUT2D eigenvalue weighted by molar-refractivity contribution is 7.87. The van der Waals surface area contributed by atoms with Gasteiger partial charge >= 0.3 is 5.97 Å². The molecule has 1 rings (SSSR count). The molecule has 0 heterocycles. The van der Waals surface area contributed by atoms with Gasteiger partial charge in [0.15, 0.2) is 0 Å². The lowest BCUT2D eigenvalue weighted by Crippen LogP contribution is -2.46. The van der Waals surface area contributed by atoms with Gasteiger partial charge in [0.2, 0.25) is 0 Å². The van der Waals surface area contributed by atoms with Crippen LogP contribution in [-0.2, 0) is 15.0 Å². The van der Waals surface area contributed by atoms with Crippen LogP contribution in [0.1, 0.15) is 26.2 Å². The third-order valence-corrected chi connectivity index (χ3v) is 3.24. The van der Waals surface area contributed by atoms with Gasteiger partial charge < -0.3 is 10.2 Å². The average Bonchev–Trinajstić information content (AvgIpc) is 2.82. The van der Waals surface area contributed by atoms with E-state index in [1.165, 1.54) is 6.92 Å².